The van der Waals surface area contributed by atoms with Crippen molar-refractivity contribution in [2.45, 2.75) is 5.92 Å². The van der Waals surface area contributed by atoms with Crippen molar-refractivity contribution in [3.63, 3.8) is 0 Å². The summed E-state index contributed by atoms with van der Waals surface area (Å²) in [4.78, 5) is 12.4. The molecule has 0 saturated carbocycles. The van der Waals surface area contributed by atoms with E-state index in [0.29, 0.717) is 0 Å². The lowest BCUT2D eigenvalue weighted by molar-refractivity contribution is 0.0975. The molecule has 3 rings (SSSR count). The van der Waals surface area contributed by atoms with Crippen LogP contribution in [0.5, 0.6) is 0 Å². The minimum atomic E-state index is -0.159. The Balaban J connectivity index is 2.03. The second kappa shape index (κ2) is 4.54. The number of allylic oxidation sites excluding steroid dienone is 1. The number of carbonyl (C=O) groups excluding carboxylic acids is 1. The summed E-state index contributed by atoms with van der Waals surface area (Å²) in [6, 6.07) is 15.7. The summed E-state index contributed by atoms with van der Waals surface area (Å²) in [5, 5.41) is 0. The molecule has 1 nitrogen and oxygen atoms in total. The summed E-state index contributed by atoms with van der Waals surface area (Å²) >= 11 is 3.41. The molecule has 0 fully saturated rings. The lowest BCUT2D eigenvalue weighted by atomic mass is 9.84. The van der Waals surface area contributed by atoms with Crippen LogP contribution < -0.4 is 0 Å². The molecular formula is C16H11BrO. The summed E-state index contributed by atoms with van der Waals surface area (Å²) in [6.07, 6.45) is 4.01. The molecule has 0 N–H and O–H groups in total. The molecule has 2 aromatic carbocycles. The van der Waals surface area contributed by atoms with Crippen molar-refractivity contribution in [3.8, 4) is 0 Å². The Bertz CT molecular complexity index is 626. The van der Waals surface area contributed by atoms with Crippen molar-refractivity contribution in [1.29, 1.82) is 0 Å². The van der Waals surface area contributed by atoms with Crippen LogP contribution in [-0.2, 0) is 0 Å². The largest absolute Gasteiger partial charge is 0.293 e. The third-order valence-electron chi connectivity index (χ3n) is 3.21. The van der Waals surface area contributed by atoms with E-state index in [9.17, 15) is 4.79 Å². The Kier molecular flexibility index (Phi) is 2.88. The van der Waals surface area contributed by atoms with E-state index < -0.39 is 0 Å². The van der Waals surface area contributed by atoms with Gasteiger partial charge in [-0.25, -0.2) is 0 Å². The van der Waals surface area contributed by atoms with Gasteiger partial charge < -0.3 is 0 Å². The highest BCUT2D eigenvalue weighted by Crippen LogP contribution is 2.30. The SMILES string of the molecule is O=C1c2ccccc2C=CC1c1ccc(Br)cc1. The van der Waals surface area contributed by atoms with Crippen LogP contribution in [0.25, 0.3) is 6.08 Å². The molecule has 0 spiro atoms. The van der Waals surface area contributed by atoms with Crippen molar-refractivity contribution in [3.05, 3.63) is 75.8 Å². The number of hydrogen-bond donors (Lipinski definition) is 0. The molecule has 1 aliphatic rings. The van der Waals surface area contributed by atoms with Gasteiger partial charge >= 0.3 is 0 Å². The maximum absolute atomic E-state index is 12.4. The second-order valence-corrected chi connectivity index (χ2v) is 5.26. The zero-order chi connectivity index (χ0) is 12.5. The second-order valence-electron chi connectivity index (χ2n) is 4.34. The fourth-order valence-corrected chi connectivity index (χ4v) is 2.52. The molecule has 2 heteroatoms. The van der Waals surface area contributed by atoms with Crippen LogP contribution in [0, 0.1) is 0 Å². The Morgan fingerprint density at radius 2 is 1.67 bits per heavy atom. The molecule has 2 aromatic rings. The number of Topliss-reactive ketones (excluding diaryl/α,β-unsaturated/α-hetero) is 1. The number of benzene rings is 2. The Morgan fingerprint density at radius 3 is 2.44 bits per heavy atom. The molecule has 0 radical (unpaired) electrons. The van der Waals surface area contributed by atoms with Gasteiger partial charge in [-0.2, -0.15) is 0 Å². The van der Waals surface area contributed by atoms with Crippen LogP contribution in [-0.4, -0.2) is 5.78 Å². The fraction of sp³-hybridized carbons (Fsp3) is 0.0625. The van der Waals surface area contributed by atoms with Crippen molar-refractivity contribution < 1.29 is 4.79 Å². The highest BCUT2D eigenvalue weighted by atomic mass is 79.9. The van der Waals surface area contributed by atoms with Gasteiger partial charge in [-0.1, -0.05) is 64.5 Å². The number of rotatable bonds is 1. The van der Waals surface area contributed by atoms with E-state index in [1.807, 2.05) is 60.7 Å². The first-order chi connectivity index (χ1) is 8.75. The smallest absolute Gasteiger partial charge is 0.174 e. The molecule has 0 heterocycles. The van der Waals surface area contributed by atoms with Crippen molar-refractivity contribution in [2.75, 3.05) is 0 Å². The van der Waals surface area contributed by atoms with Gasteiger partial charge in [0.1, 0.15) is 0 Å². The lowest BCUT2D eigenvalue weighted by Gasteiger charge is -2.18. The summed E-state index contributed by atoms with van der Waals surface area (Å²) in [6.45, 7) is 0. The zero-order valence-corrected chi connectivity index (χ0v) is 11.2. The standard InChI is InChI=1S/C16H11BrO/c17-13-8-5-12(6-9-13)15-10-7-11-3-1-2-4-14(11)16(15)18/h1-10,15H. The molecule has 0 aromatic heterocycles. The molecule has 0 amide bonds. The Hall–Kier alpha value is -1.67. The van der Waals surface area contributed by atoms with E-state index >= 15 is 0 Å². The van der Waals surface area contributed by atoms with Gasteiger partial charge in [0.2, 0.25) is 0 Å². The minimum absolute atomic E-state index is 0.159. The van der Waals surface area contributed by atoms with E-state index in [2.05, 4.69) is 15.9 Å². The van der Waals surface area contributed by atoms with Crippen LogP contribution in [0.1, 0.15) is 27.4 Å². The first kappa shape index (κ1) is 11.4. The highest BCUT2D eigenvalue weighted by Gasteiger charge is 2.24. The van der Waals surface area contributed by atoms with E-state index in [0.717, 1.165) is 21.2 Å². The van der Waals surface area contributed by atoms with E-state index in [4.69, 9.17) is 0 Å². The predicted octanol–water partition coefficient (Wildman–Crippen LogP) is 4.44. The lowest BCUT2D eigenvalue weighted by Crippen LogP contribution is -2.15. The van der Waals surface area contributed by atoms with Gasteiger partial charge in [0.05, 0.1) is 5.92 Å². The van der Waals surface area contributed by atoms with Crippen LogP contribution in [0.4, 0.5) is 0 Å². The average Bonchev–Trinajstić information content (AvgIpc) is 2.41. The van der Waals surface area contributed by atoms with E-state index in [1.165, 1.54) is 0 Å². The first-order valence-corrected chi connectivity index (χ1v) is 6.62. The number of hydrogen-bond acceptors (Lipinski definition) is 1. The number of ketones is 1. The molecule has 0 aliphatic heterocycles. The van der Waals surface area contributed by atoms with Crippen molar-refractivity contribution in [2.24, 2.45) is 0 Å². The summed E-state index contributed by atoms with van der Waals surface area (Å²) in [7, 11) is 0. The Morgan fingerprint density at radius 1 is 0.944 bits per heavy atom. The predicted molar refractivity (Wildman–Crippen MR) is 76.7 cm³/mol. The van der Waals surface area contributed by atoms with Gasteiger partial charge in [0.15, 0.2) is 5.78 Å². The normalized spacial score (nSPS) is 17.6. The van der Waals surface area contributed by atoms with Crippen LogP contribution >= 0.6 is 15.9 Å². The third-order valence-corrected chi connectivity index (χ3v) is 3.73. The monoisotopic (exact) mass is 298 g/mol. The molecule has 1 unspecified atom stereocenters. The topological polar surface area (TPSA) is 17.1 Å². The van der Waals surface area contributed by atoms with Crippen molar-refractivity contribution in [1.82, 2.24) is 0 Å². The fourth-order valence-electron chi connectivity index (χ4n) is 2.25. The van der Waals surface area contributed by atoms with Crippen LogP contribution in [0.2, 0.25) is 0 Å². The van der Waals surface area contributed by atoms with Gasteiger partial charge in [-0.05, 0) is 23.3 Å². The molecule has 1 atom stereocenters. The molecule has 1 aliphatic carbocycles. The highest BCUT2D eigenvalue weighted by molar-refractivity contribution is 9.10. The first-order valence-electron chi connectivity index (χ1n) is 5.82. The molecular weight excluding hydrogens is 288 g/mol. The maximum atomic E-state index is 12.4. The summed E-state index contributed by atoms with van der Waals surface area (Å²) in [5.74, 6) is 0.0171. The minimum Gasteiger partial charge on any atom is -0.293 e. The van der Waals surface area contributed by atoms with Crippen LogP contribution in [0.3, 0.4) is 0 Å². The molecule has 88 valence electrons. The number of carbonyl (C=O) groups is 1. The third kappa shape index (κ3) is 1.93. The van der Waals surface area contributed by atoms with Gasteiger partial charge in [0.25, 0.3) is 0 Å². The van der Waals surface area contributed by atoms with E-state index in [-0.39, 0.29) is 11.7 Å². The number of fused-ring (bicyclic) bond motifs is 1. The van der Waals surface area contributed by atoms with Gasteiger partial charge in [0, 0.05) is 10.0 Å². The quantitative estimate of drug-likeness (QED) is 0.760. The molecule has 0 bridgehead atoms. The molecule has 18 heavy (non-hydrogen) atoms. The van der Waals surface area contributed by atoms with E-state index in [1.54, 1.807) is 0 Å². The van der Waals surface area contributed by atoms with Gasteiger partial charge in [-0.15, -0.1) is 0 Å². The zero-order valence-electron chi connectivity index (χ0n) is 9.64. The van der Waals surface area contributed by atoms with Crippen molar-refractivity contribution >= 4 is 27.8 Å². The Labute approximate surface area is 114 Å². The molecule has 0 saturated heterocycles. The number of halogens is 1. The average molecular weight is 299 g/mol. The maximum Gasteiger partial charge on any atom is 0.174 e. The van der Waals surface area contributed by atoms with Crippen LogP contribution in [0.15, 0.2) is 59.1 Å². The summed E-state index contributed by atoms with van der Waals surface area (Å²) < 4.78 is 1.03. The summed E-state index contributed by atoms with van der Waals surface area (Å²) in [5.41, 5.74) is 2.86. The van der Waals surface area contributed by atoms with Gasteiger partial charge in [-0.3, -0.25) is 4.79 Å².